The van der Waals surface area contributed by atoms with Crippen molar-refractivity contribution in [3.63, 3.8) is 0 Å². The van der Waals surface area contributed by atoms with Crippen molar-refractivity contribution in [2.45, 2.75) is 12.8 Å². The quantitative estimate of drug-likeness (QED) is 0.457. The Morgan fingerprint density at radius 1 is 0.821 bits per heavy atom. The Morgan fingerprint density at radius 2 is 1.39 bits per heavy atom. The molecule has 0 aromatic heterocycles. The number of benzene rings is 2. The minimum atomic E-state index is -0.192. The smallest absolute Gasteiger partial charge is 0.233 e. The zero-order chi connectivity index (χ0) is 19.3. The molecule has 1 saturated heterocycles. The van der Waals surface area contributed by atoms with E-state index < -0.39 is 0 Å². The van der Waals surface area contributed by atoms with Crippen LogP contribution in [-0.2, 0) is 9.59 Å². The molecule has 1 saturated carbocycles. The lowest BCUT2D eigenvalue weighted by Crippen LogP contribution is -2.34. The van der Waals surface area contributed by atoms with Gasteiger partial charge in [-0.15, -0.1) is 0 Å². The Balaban J connectivity index is 1.24. The van der Waals surface area contributed by atoms with Gasteiger partial charge in [0, 0.05) is 18.5 Å². The van der Waals surface area contributed by atoms with E-state index in [9.17, 15) is 14.4 Å². The Labute approximate surface area is 163 Å². The van der Waals surface area contributed by atoms with Crippen molar-refractivity contribution in [2.75, 3.05) is 6.54 Å². The van der Waals surface area contributed by atoms with Gasteiger partial charge < -0.3 is 0 Å². The molecule has 0 N–H and O–H groups in total. The van der Waals surface area contributed by atoms with E-state index in [1.807, 2.05) is 54.6 Å². The van der Waals surface area contributed by atoms with Crippen molar-refractivity contribution < 1.29 is 14.4 Å². The molecule has 2 aromatic carbocycles. The molecule has 140 valence electrons. The molecule has 2 amide bonds. The number of carbonyl (C=O) groups is 3. The fourth-order valence-corrected chi connectivity index (χ4v) is 5.02. The van der Waals surface area contributed by atoms with Crippen LogP contribution in [0.25, 0.3) is 11.1 Å². The van der Waals surface area contributed by atoms with E-state index in [1.54, 1.807) is 0 Å². The normalized spacial score (nSPS) is 27.5. The van der Waals surface area contributed by atoms with Gasteiger partial charge in [-0.2, -0.15) is 0 Å². The minimum Gasteiger partial charge on any atom is -0.294 e. The number of nitrogens with zero attached hydrogens (tertiary/aromatic N) is 1. The van der Waals surface area contributed by atoms with E-state index in [2.05, 4.69) is 12.2 Å². The van der Waals surface area contributed by atoms with E-state index in [0.717, 1.165) is 17.5 Å². The number of amides is 2. The van der Waals surface area contributed by atoms with Gasteiger partial charge in [0.25, 0.3) is 0 Å². The van der Waals surface area contributed by atoms with Crippen molar-refractivity contribution in [3.8, 4) is 11.1 Å². The second kappa shape index (κ2) is 6.55. The van der Waals surface area contributed by atoms with Crippen molar-refractivity contribution in [1.82, 2.24) is 4.90 Å². The average Bonchev–Trinajstić information content (AvgIpc) is 3.41. The molecular formula is C24H21NO3. The van der Waals surface area contributed by atoms with E-state index in [-0.39, 0.29) is 54.2 Å². The SMILES string of the molecule is O=C(CCN1C(=O)C2C3C=CC(C3)C2C1=O)c1ccc(-c2ccccc2)cc1. The van der Waals surface area contributed by atoms with Gasteiger partial charge in [-0.3, -0.25) is 19.3 Å². The lowest BCUT2D eigenvalue weighted by Gasteiger charge is -2.16. The zero-order valence-corrected chi connectivity index (χ0v) is 15.5. The number of likely N-dealkylation sites (tertiary alicyclic amines) is 1. The molecule has 3 aliphatic rings. The summed E-state index contributed by atoms with van der Waals surface area (Å²) >= 11 is 0. The molecule has 1 heterocycles. The van der Waals surface area contributed by atoms with Crippen LogP contribution in [0.4, 0.5) is 0 Å². The number of fused-ring (bicyclic) bond motifs is 5. The van der Waals surface area contributed by atoms with Gasteiger partial charge >= 0.3 is 0 Å². The maximum Gasteiger partial charge on any atom is 0.233 e. The number of imide groups is 1. The summed E-state index contributed by atoms with van der Waals surface area (Å²) in [7, 11) is 0. The van der Waals surface area contributed by atoms with E-state index in [0.29, 0.717) is 5.56 Å². The van der Waals surface area contributed by atoms with Gasteiger partial charge in [-0.1, -0.05) is 66.7 Å². The van der Waals surface area contributed by atoms with E-state index in [4.69, 9.17) is 0 Å². The molecule has 28 heavy (non-hydrogen) atoms. The molecule has 2 bridgehead atoms. The van der Waals surface area contributed by atoms with Crippen LogP contribution < -0.4 is 0 Å². The molecule has 4 atom stereocenters. The molecule has 2 fully saturated rings. The van der Waals surface area contributed by atoms with Crippen LogP contribution in [-0.4, -0.2) is 29.0 Å². The second-order valence-corrected chi connectivity index (χ2v) is 7.94. The molecular weight excluding hydrogens is 350 g/mol. The Kier molecular flexibility index (Phi) is 4.00. The summed E-state index contributed by atoms with van der Waals surface area (Å²) in [4.78, 5) is 39.3. The van der Waals surface area contributed by atoms with Gasteiger partial charge in [0.15, 0.2) is 5.78 Å². The molecule has 2 aromatic rings. The monoisotopic (exact) mass is 371 g/mol. The summed E-state index contributed by atoms with van der Waals surface area (Å²) < 4.78 is 0. The molecule has 1 aliphatic heterocycles. The minimum absolute atomic E-state index is 0.0432. The van der Waals surface area contributed by atoms with Crippen molar-refractivity contribution in [2.24, 2.45) is 23.7 Å². The largest absolute Gasteiger partial charge is 0.294 e. The van der Waals surface area contributed by atoms with Gasteiger partial charge in [0.1, 0.15) is 0 Å². The summed E-state index contributed by atoms with van der Waals surface area (Å²) in [6.07, 6.45) is 5.26. The van der Waals surface area contributed by atoms with Gasteiger partial charge in [0.2, 0.25) is 11.8 Å². The second-order valence-electron chi connectivity index (χ2n) is 7.94. The number of carbonyl (C=O) groups excluding carboxylic acids is 3. The van der Waals surface area contributed by atoms with E-state index in [1.165, 1.54) is 4.90 Å². The summed E-state index contributed by atoms with van der Waals surface area (Å²) in [5, 5.41) is 0. The van der Waals surface area contributed by atoms with Crippen LogP contribution in [0.2, 0.25) is 0 Å². The highest BCUT2D eigenvalue weighted by Gasteiger charge is 2.58. The lowest BCUT2D eigenvalue weighted by atomic mass is 9.85. The van der Waals surface area contributed by atoms with Gasteiger partial charge in [-0.25, -0.2) is 0 Å². The van der Waals surface area contributed by atoms with Crippen LogP contribution in [0, 0.1) is 23.7 Å². The van der Waals surface area contributed by atoms with E-state index >= 15 is 0 Å². The molecule has 4 nitrogen and oxygen atoms in total. The highest BCUT2D eigenvalue weighted by molar-refractivity contribution is 6.07. The summed E-state index contributed by atoms with van der Waals surface area (Å²) in [5.41, 5.74) is 2.77. The number of hydrogen-bond acceptors (Lipinski definition) is 3. The Morgan fingerprint density at radius 3 is 2.00 bits per heavy atom. The first-order chi connectivity index (χ1) is 13.6. The maximum absolute atomic E-state index is 12.7. The number of rotatable bonds is 5. The Bertz CT molecular complexity index is 947. The fourth-order valence-electron chi connectivity index (χ4n) is 5.02. The summed E-state index contributed by atoms with van der Waals surface area (Å²) in [6, 6.07) is 17.5. The van der Waals surface area contributed by atoms with Crippen molar-refractivity contribution >= 4 is 17.6 Å². The maximum atomic E-state index is 12.7. The fraction of sp³-hybridized carbons (Fsp3) is 0.292. The predicted octanol–water partition coefficient (Wildman–Crippen LogP) is 3.73. The third-order valence-electron chi connectivity index (χ3n) is 6.44. The number of ketones is 1. The predicted molar refractivity (Wildman–Crippen MR) is 105 cm³/mol. The third kappa shape index (κ3) is 2.63. The first kappa shape index (κ1) is 17.1. The van der Waals surface area contributed by atoms with Crippen LogP contribution in [0.15, 0.2) is 66.7 Å². The third-order valence-corrected chi connectivity index (χ3v) is 6.44. The van der Waals surface area contributed by atoms with Crippen LogP contribution in [0.3, 0.4) is 0 Å². The standard InChI is InChI=1S/C24H21NO3/c26-20(17-8-6-16(7-9-17)15-4-2-1-3-5-15)12-13-25-23(27)21-18-10-11-19(14-18)22(21)24(25)28/h1-11,18-19,21-22H,12-14H2. The molecule has 4 heteroatoms. The first-order valence-corrected chi connectivity index (χ1v) is 9.86. The van der Waals surface area contributed by atoms with Crippen molar-refractivity contribution in [3.05, 3.63) is 72.3 Å². The van der Waals surface area contributed by atoms with Gasteiger partial charge in [-0.05, 0) is 29.4 Å². The lowest BCUT2D eigenvalue weighted by molar-refractivity contribution is -0.140. The number of hydrogen-bond donors (Lipinski definition) is 0. The number of allylic oxidation sites excluding steroid dienone is 2. The summed E-state index contributed by atoms with van der Waals surface area (Å²) in [5.74, 6) is -0.183. The summed E-state index contributed by atoms with van der Waals surface area (Å²) in [6.45, 7) is 0.184. The van der Waals surface area contributed by atoms with Crippen molar-refractivity contribution in [1.29, 1.82) is 0 Å². The number of Topliss-reactive ketones (excluding diaryl/α,β-unsaturated/α-hetero) is 1. The highest BCUT2D eigenvalue weighted by atomic mass is 16.2. The molecule has 5 rings (SSSR count). The highest BCUT2D eigenvalue weighted by Crippen LogP contribution is 2.52. The molecule has 4 unspecified atom stereocenters. The van der Waals surface area contributed by atoms with Crippen LogP contribution >= 0.6 is 0 Å². The molecule has 0 radical (unpaired) electrons. The molecule has 2 aliphatic carbocycles. The van der Waals surface area contributed by atoms with Gasteiger partial charge in [0.05, 0.1) is 11.8 Å². The average molecular weight is 371 g/mol. The van der Waals surface area contributed by atoms with Crippen LogP contribution in [0.5, 0.6) is 0 Å². The zero-order valence-electron chi connectivity index (χ0n) is 15.5. The Hall–Kier alpha value is -3.01. The topological polar surface area (TPSA) is 54.5 Å². The first-order valence-electron chi connectivity index (χ1n) is 9.86. The van der Waals surface area contributed by atoms with Crippen LogP contribution in [0.1, 0.15) is 23.2 Å². The molecule has 0 spiro atoms.